The molecule has 0 saturated carbocycles. The molecule has 0 bridgehead atoms. The smallest absolute Gasteiger partial charge is 0.0120 e. The SMILES string of the molecule is CC(C)N1CC2CN(C3CCNCC3)CC2C1. The average molecular weight is 237 g/mol. The Morgan fingerprint density at radius 3 is 2.06 bits per heavy atom. The summed E-state index contributed by atoms with van der Waals surface area (Å²) in [6, 6.07) is 1.63. The lowest BCUT2D eigenvalue weighted by atomic mass is 10.0. The highest BCUT2D eigenvalue weighted by Gasteiger charge is 2.42. The maximum Gasteiger partial charge on any atom is 0.0120 e. The van der Waals surface area contributed by atoms with E-state index in [0.717, 1.165) is 23.9 Å². The number of hydrogen-bond donors (Lipinski definition) is 1. The van der Waals surface area contributed by atoms with Crippen molar-refractivity contribution in [3.8, 4) is 0 Å². The van der Waals surface area contributed by atoms with Crippen molar-refractivity contribution in [2.24, 2.45) is 11.8 Å². The molecule has 3 saturated heterocycles. The highest BCUT2D eigenvalue weighted by Crippen LogP contribution is 2.34. The van der Waals surface area contributed by atoms with Crippen molar-refractivity contribution in [2.75, 3.05) is 39.3 Å². The quantitative estimate of drug-likeness (QED) is 0.773. The third-order valence-corrected chi connectivity index (χ3v) is 5.10. The third-order valence-electron chi connectivity index (χ3n) is 5.10. The second kappa shape index (κ2) is 4.87. The van der Waals surface area contributed by atoms with E-state index in [9.17, 15) is 0 Å². The summed E-state index contributed by atoms with van der Waals surface area (Å²) in [5.41, 5.74) is 0. The van der Waals surface area contributed by atoms with E-state index in [1.165, 1.54) is 52.1 Å². The molecule has 0 aromatic carbocycles. The van der Waals surface area contributed by atoms with E-state index < -0.39 is 0 Å². The van der Waals surface area contributed by atoms with E-state index >= 15 is 0 Å². The summed E-state index contributed by atoms with van der Waals surface area (Å²) in [6.07, 6.45) is 2.74. The van der Waals surface area contributed by atoms with Crippen LogP contribution in [0, 0.1) is 11.8 Å². The number of nitrogens with zero attached hydrogens (tertiary/aromatic N) is 2. The van der Waals surface area contributed by atoms with E-state index in [1.54, 1.807) is 0 Å². The molecule has 2 unspecified atom stereocenters. The van der Waals surface area contributed by atoms with Crippen LogP contribution < -0.4 is 5.32 Å². The number of likely N-dealkylation sites (tertiary alicyclic amines) is 2. The lowest BCUT2D eigenvalue weighted by Crippen LogP contribution is -2.43. The third kappa shape index (κ3) is 2.38. The van der Waals surface area contributed by atoms with E-state index in [0.29, 0.717) is 0 Å². The van der Waals surface area contributed by atoms with Crippen LogP contribution in [0.15, 0.2) is 0 Å². The predicted molar refractivity (Wildman–Crippen MR) is 71.2 cm³/mol. The molecule has 3 aliphatic rings. The molecule has 3 fully saturated rings. The van der Waals surface area contributed by atoms with Gasteiger partial charge in [-0.2, -0.15) is 0 Å². The summed E-state index contributed by atoms with van der Waals surface area (Å²) in [5, 5.41) is 3.48. The van der Waals surface area contributed by atoms with Gasteiger partial charge in [-0.3, -0.25) is 4.90 Å². The number of nitrogens with one attached hydrogen (secondary N) is 1. The van der Waals surface area contributed by atoms with Crippen LogP contribution in [0.25, 0.3) is 0 Å². The van der Waals surface area contributed by atoms with Crippen LogP contribution in [0.2, 0.25) is 0 Å². The van der Waals surface area contributed by atoms with Gasteiger partial charge in [-0.1, -0.05) is 0 Å². The van der Waals surface area contributed by atoms with E-state index in [4.69, 9.17) is 0 Å². The lowest BCUT2D eigenvalue weighted by Gasteiger charge is -2.33. The van der Waals surface area contributed by atoms with Crippen molar-refractivity contribution in [3.63, 3.8) is 0 Å². The molecule has 0 aromatic heterocycles. The van der Waals surface area contributed by atoms with Crippen molar-refractivity contribution < 1.29 is 0 Å². The van der Waals surface area contributed by atoms with Crippen molar-refractivity contribution in [2.45, 2.75) is 38.8 Å². The number of hydrogen-bond acceptors (Lipinski definition) is 3. The Balaban J connectivity index is 1.54. The van der Waals surface area contributed by atoms with Gasteiger partial charge in [-0.05, 0) is 51.6 Å². The fourth-order valence-corrected chi connectivity index (χ4v) is 3.96. The number of fused-ring (bicyclic) bond motifs is 1. The van der Waals surface area contributed by atoms with E-state index in [1.807, 2.05) is 0 Å². The monoisotopic (exact) mass is 237 g/mol. The Bertz CT molecular complexity index is 246. The standard InChI is InChI=1S/C14H27N3/c1-11(2)16-7-12-9-17(10-13(12)8-16)14-3-5-15-6-4-14/h11-15H,3-10H2,1-2H3. The molecule has 0 amide bonds. The van der Waals surface area contributed by atoms with E-state index in [-0.39, 0.29) is 0 Å². The zero-order valence-corrected chi connectivity index (χ0v) is 11.4. The molecular formula is C14H27N3. The molecule has 1 N–H and O–H groups in total. The van der Waals surface area contributed by atoms with Crippen LogP contribution in [0.5, 0.6) is 0 Å². The average Bonchev–Trinajstić information content (AvgIpc) is 2.87. The lowest BCUT2D eigenvalue weighted by molar-refractivity contribution is 0.164. The molecule has 98 valence electrons. The van der Waals surface area contributed by atoms with Crippen molar-refractivity contribution in [3.05, 3.63) is 0 Å². The summed E-state index contributed by atoms with van der Waals surface area (Å²) in [7, 11) is 0. The van der Waals surface area contributed by atoms with Crippen LogP contribution >= 0.6 is 0 Å². The minimum absolute atomic E-state index is 0.743. The number of piperidine rings is 1. The van der Waals surface area contributed by atoms with Crippen LogP contribution in [-0.4, -0.2) is 61.2 Å². The number of rotatable bonds is 2. The first kappa shape index (κ1) is 11.9. The van der Waals surface area contributed by atoms with Crippen molar-refractivity contribution in [1.29, 1.82) is 0 Å². The summed E-state index contributed by atoms with van der Waals surface area (Å²) >= 11 is 0. The molecule has 2 atom stereocenters. The molecule has 3 heterocycles. The van der Waals surface area contributed by atoms with Gasteiger partial charge in [0.25, 0.3) is 0 Å². The van der Waals surface area contributed by atoms with Crippen LogP contribution in [0.4, 0.5) is 0 Å². The highest BCUT2D eigenvalue weighted by atomic mass is 15.3. The summed E-state index contributed by atoms with van der Waals surface area (Å²) in [5.74, 6) is 1.93. The summed E-state index contributed by atoms with van der Waals surface area (Å²) in [6.45, 7) is 12.6. The maximum absolute atomic E-state index is 3.48. The largest absolute Gasteiger partial charge is 0.317 e. The maximum atomic E-state index is 3.48. The fourth-order valence-electron chi connectivity index (χ4n) is 3.96. The zero-order valence-electron chi connectivity index (χ0n) is 11.4. The highest BCUT2D eigenvalue weighted by molar-refractivity contribution is 4.96. The zero-order chi connectivity index (χ0) is 11.8. The first-order chi connectivity index (χ1) is 8.24. The molecule has 0 radical (unpaired) electrons. The van der Waals surface area contributed by atoms with Gasteiger partial charge in [0.15, 0.2) is 0 Å². The van der Waals surface area contributed by atoms with Gasteiger partial charge in [0.05, 0.1) is 0 Å². The summed E-state index contributed by atoms with van der Waals surface area (Å²) < 4.78 is 0. The molecule has 3 aliphatic heterocycles. The van der Waals surface area contributed by atoms with Gasteiger partial charge in [-0.25, -0.2) is 0 Å². The van der Waals surface area contributed by atoms with Crippen molar-refractivity contribution >= 4 is 0 Å². The first-order valence-corrected chi connectivity index (χ1v) is 7.43. The van der Waals surface area contributed by atoms with Crippen LogP contribution in [0.3, 0.4) is 0 Å². The van der Waals surface area contributed by atoms with Gasteiger partial charge >= 0.3 is 0 Å². The Kier molecular flexibility index (Phi) is 3.42. The van der Waals surface area contributed by atoms with Crippen LogP contribution in [-0.2, 0) is 0 Å². The second-order valence-electron chi connectivity index (χ2n) is 6.50. The molecule has 3 heteroatoms. The Morgan fingerprint density at radius 1 is 0.941 bits per heavy atom. The van der Waals surface area contributed by atoms with Gasteiger partial charge in [0, 0.05) is 38.3 Å². The second-order valence-corrected chi connectivity index (χ2v) is 6.50. The molecule has 0 spiro atoms. The molecule has 3 nitrogen and oxygen atoms in total. The molecule has 0 aromatic rings. The topological polar surface area (TPSA) is 18.5 Å². The van der Waals surface area contributed by atoms with Crippen LogP contribution in [0.1, 0.15) is 26.7 Å². The van der Waals surface area contributed by atoms with E-state index in [2.05, 4.69) is 29.0 Å². The minimum Gasteiger partial charge on any atom is -0.317 e. The molecule has 0 aliphatic carbocycles. The van der Waals surface area contributed by atoms with Gasteiger partial charge < -0.3 is 10.2 Å². The Labute approximate surface area is 106 Å². The predicted octanol–water partition coefficient (Wildman–Crippen LogP) is 1.01. The Morgan fingerprint density at radius 2 is 1.53 bits per heavy atom. The molecule has 3 rings (SSSR count). The summed E-state index contributed by atoms with van der Waals surface area (Å²) in [4.78, 5) is 5.48. The normalized spacial score (nSPS) is 36.9. The fraction of sp³-hybridized carbons (Fsp3) is 1.00. The van der Waals surface area contributed by atoms with Gasteiger partial charge in [-0.15, -0.1) is 0 Å². The molecule has 17 heavy (non-hydrogen) atoms. The Hall–Kier alpha value is -0.120. The minimum atomic E-state index is 0.743. The first-order valence-electron chi connectivity index (χ1n) is 7.43. The molecular weight excluding hydrogens is 210 g/mol. The van der Waals surface area contributed by atoms with Crippen molar-refractivity contribution in [1.82, 2.24) is 15.1 Å². The van der Waals surface area contributed by atoms with Gasteiger partial charge in [0.2, 0.25) is 0 Å². The van der Waals surface area contributed by atoms with Gasteiger partial charge in [0.1, 0.15) is 0 Å².